The van der Waals surface area contributed by atoms with Crippen molar-refractivity contribution in [2.45, 2.75) is 51.6 Å². The van der Waals surface area contributed by atoms with E-state index in [4.69, 9.17) is 4.74 Å². The lowest BCUT2D eigenvalue weighted by Crippen LogP contribution is -2.56. The van der Waals surface area contributed by atoms with Crippen LogP contribution < -0.4 is 5.32 Å². The van der Waals surface area contributed by atoms with Gasteiger partial charge in [0.1, 0.15) is 5.54 Å². The van der Waals surface area contributed by atoms with Gasteiger partial charge in [0.15, 0.2) is 0 Å². The Balaban J connectivity index is 2.13. The minimum Gasteiger partial charge on any atom is -0.468 e. The first-order valence-corrected chi connectivity index (χ1v) is 7.35. The monoisotopic (exact) mass is 275 g/mol. The molecule has 0 radical (unpaired) electrons. The number of hydrogen-bond acceptors (Lipinski definition) is 3. The highest BCUT2D eigenvalue weighted by Gasteiger charge is 2.46. The maximum atomic E-state index is 12.3. The normalized spacial score (nSPS) is 25.1. The summed E-state index contributed by atoms with van der Waals surface area (Å²) in [5.41, 5.74) is 0.835. The molecule has 1 aromatic rings. The average molecular weight is 275 g/mol. The van der Waals surface area contributed by atoms with Gasteiger partial charge in [0.2, 0.25) is 0 Å². The van der Waals surface area contributed by atoms with Crippen LogP contribution in [0.2, 0.25) is 0 Å². The van der Waals surface area contributed by atoms with Gasteiger partial charge in [0.25, 0.3) is 0 Å². The molecular weight excluding hydrogens is 250 g/mol. The van der Waals surface area contributed by atoms with Crippen LogP contribution in [0.1, 0.15) is 45.1 Å². The van der Waals surface area contributed by atoms with Crippen LogP contribution >= 0.6 is 0 Å². The Morgan fingerprint density at radius 2 is 1.95 bits per heavy atom. The molecule has 0 spiro atoms. The Hall–Kier alpha value is -1.35. The van der Waals surface area contributed by atoms with E-state index < -0.39 is 5.54 Å². The number of benzene rings is 1. The van der Waals surface area contributed by atoms with Crippen LogP contribution in [0, 0.1) is 5.41 Å². The zero-order valence-corrected chi connectivity index (χ0v) is 12.7. The molecule has 1 N–H and O–H groups in total. The second-order valence-corrected chi connectivity index (χ2v) is 6.61. The SMILES string of the molecule is COC(=O)C1(NCc2ccccc2)CCCC(C)(C)C1. The Bertz CT molecular complexity index is 455. The number of hydrogen-bond donors (Lipinski definition) is 1. The minimum atomic E-state index is -0.535. The van der Waals surface area contributed by atoms with E-state index in [1.165, 1.54) is 19.1 Å². The molecule has 1 unspecified atom stereocenters. The number of carbonyl (C=O) groups is 1. The molecule has 0 bridgehead atoms. The van der Waals surface area contributed by atoms with Gasteiger partial charge in [-0.1, -0.05) is 50.6 Å². The third-order valence-electron chi connectivity index (χ3n) is 4.29. The molecule has 2 rings (SSSR count). The number of nitrogens with one attached hydrogen (secondary N) is 1. The lowest BCUT2D eigenvalue weighted by Gasteiger charge is -2.43. The van der Waals surface area contributed by atoms with Gasteiger partial charge in [0, 0.05) is 6.54 Å². The van der Waals surface area contributed by atoms with Crippen molar-refractivity contribution in [1.29, 1.82) is 0 Å². The van der Waals surface area contributed by atoms with Crippen LogP contribution in [0.5, 0.6) is 0 Å². The van der Waals surface area contributed by atoms with Crippen molar-refractivity contribution in [1.82, 2.24) is 5.32 Å². The molecule has 3 heteroatoms. The van der Waals surface area contributed by atoms with Crippen molar-refractivity contribution in [3.8, 4) is 0 Å². The third-order valence-corrected chi connectivity index (χ3v) is 4.29. The zero-order chi connectivity index (χ0) is 14.6. The summed E-state index contributed by atoms with van der Waals surface area (Å²) in [4.78, 5) is 12.3. The summed E-state index contributed by atoms with van der Waals surface area (Å²) in [6.07, 6.45) is 3.91. The predicted molar refractivity (Wildman–Crippen MR) is 80.3 cm³/mol. The zero-order valence-electron chi connectivity index (χ0n) is 12.7. The van der Waals surface area contributed by atoms with Gasteiger partial charge < -0.3 is 4.74 Å². The fourth-order valence-corrected chi connectivity index (χ4v) is 3.32. The van der Waals surface area contributed by atoms with Crippen molar-refractivity contribution in [3.05, 3.63) is 35.9 Å². The van der Waals surface area contributed by atoms with Crippen molar-refractivity contribution >= 4 is 5.97 Å². The largest absolute Gasteiger partial charge is 0.468 e. The molecule has 3 nitrogen and oxygen atoms in total. The van der Waals surface area contributed by atoms with E-state index in [1.807, 2.05) is 18.2 Å². The van der Waals surface area contributed by atoms with Crippen molar-refractivity contribution in [3.63, 3.8) is 0 Å². The molecule has 20 heavy (non-hydrogen) atoms. The summed E-state index contributed by atoms with van der Waals surface area (Å²) in [5, 5.41) is 3.48. The molecule has 1 aliphatic carbocycles. The predicted octanol–water partition coefficient (Wildman–Crippen LogP) is 3.29. The van der Waals surface area contributed by atoms with Crippen LogP contribution in [0.15, 0.2) is 30.3 Å². The van der Waals surface area contributed by atoms with Crippen LogP contribution in [0.4, 0.5) is 0 Å². The van der Waals surface area contributed by atoms with Gasteiger partial charge in [-0.25, -0.2) is 0 Å². The molecule has 1 aromatic carbocycles. The first-order chi connectivity index (χ1) is 9.47. The molecule has 1 atom stereocenters. The molecule has 0 amide bonds. The molecule has 0 aromatic heterocycles. The summed E-state index contributed by atoms with van der Waals surface area (Å²) in [5.74, 6) is -0.124. The number of carbonyl (C=O) groups excluding carboxylic acids is 1. The van der Waals surface area contributed by atoms with E-state index in [9.17, 15) is 4.79 Å². The smallest absolute Gasteiger partial charge is 0.326 e. The van der Waals surface area contributed by atoms with Gasteiger partial charge in [-0.2, -0.15) is 0 Å². The lowest BCUT2D eigenvalue weighted by atomic mass is 9.68. The lowest BCUT2D eigenvalue weighted by molar-refractivity contribution is -0.152. The van der Waals surface area contributed by atoms with E-state index in [0.717, 1.165) is 19.3 Å². The van der Waals surface area contributed by atoms with Gasteiger partial charge in [-0.3, -0.25) is 10.1 Å². The molecule has 1 saturated carbocycles. The molecule has 0 heterocycles. The van der Waals surface area contributed by atoms with Gasteiger partial charge in [-0.15, -0.1) is 0 Å². The van der Waals surface area contributed by atoms with Gasteiger partial charge in [-0.05, 0) is 30.2 Å². The Morgan fingerprint density at radius 1 is 1.25 bits per heavy atom. The summed E-state index contributed by atoms with van der Waals surface area (Å²) >= 11 is 0. The van der Waals surface area contributed by atoms with Crippen molar-refractivity contribution in [2.24, 2.45) is 5.41 Å². The Morgan fingerprint density at radius 3 is 2.55 bits per heavy atom. The van der Waals surface area contributed by atoms with E-state index in [-0.39, 0.29) is 11.4 Å². The highest BCUT2D eigenvalue weighted by Crippen LogP contribution is 2.41. The Labute approximate surface area is 121 Å². The number of rotatable bonds is 4. The second kappa shape index (κ2) is 5.96. The molecule has 1 aliphatic rings. The van der Waals surface area contributed by atoms with E-state index in [1.54, 1.807) is 0 Å². The third kappa shape index (κ3) is 3.40. The number of ether oxygens (including phenoxy) is 1. The average Bonchev–Trinajstić information content (AvgIpc) is 2.44. The molecule has 0 saturated heterocycles. The highest BCUT2D eigenvalue weighted by atomic mass is 16.5. The Kier molecular flexibility index (Phi) is 4.48. The molecular formula is C17H25NO2. The van der Waals surface area contributed by atoms with Gasteiger partial charge in [0.05, 0.1) is 7.11 Å². The van der Waals surface area contributed by atoms with Crippen LogP contribution in [0.25, 0.3) is 0 Å². The second-order valence-electron chi connectivity index (χ2n) is 6.61. The molecule has 1 fully saturated rings. The number of esters is 1. The maximum Gasteiger partial charge on any atom is 0.326 e. The van der Waals surface area contributed by atoms with E-state index >= 15 is 0 Å². The quantitative estimate of drug-likeness (QED) is 0.857. The topological polar surface area (TPSA) is 38.3 Å². The van der Waals surface area contributed by atoms with Gasteiger partial charge >= 0.3 is 5.97 Å². The molecule has 0 aliphatic heterocycles. The molecule has 110 valence electrons. The van der Waals surface area contributed by atoms with Crippen molar-refractivity contribution in [2.75, 3.05) is 7.11 Å². The van der Waals surface area contributed by atoms with E-state index in [2.05, 4.69) is 31.3 Å². The van der Waals surface area contributed by atoms with E-state index in [0.29, 0.717) is 6.54 Å². The summed E-state index contributed by atoms with van der Waals surface area (Å²) in [6.45, 7) is 5.16. The first kappa shape index (κ1) is 15.0. The fourth-order valence-electron chi connectivity index (χ4n) is 3.32. The summed E-state index contributed by atoms with van der Waals surface area (Å²) in [7, 11) is 1.48. The maximum absolute atomic E-state index is 12.3. The first-order valence-electron chi connectivity index (χ1n) is 7.35. The van der Waals surface area contributed by atoms with Crippen LogP contribution in [-0.4, -0.2) is 18.6 Å². The van der Waals surface area contributed by atoms with Crippen molar-refractivity contribution < 1.29 is 9.53 Å². The minimum absolute atomic E-state index is 0.124. The summed E-state index contributed by atoms with van der Waals surface area (Å²) in [6, 6.07) is 10.2. The van der Waals surface area contributed by atoms with Crippen LogP contribution in [0.3, 0.4) is 0 Å². The standard InChI is InChI=1S/C17H25NO2/c1-16(2)10-7-11-17(13-16,15(19)20-3)18-12-14-8-5-4-6-9-14/h4-6,8-9,18H,7,10-13H2,1-3H3. The van der Waals surface area contributed by atoms with Crippen LogP contribution in [-0.2, 0) is 16.1 Å². The summed E-state index contributed by atoms with van der Waals surface area (Å²) < 4.78 is 5.07. The number of methoxy groups -OCH3 is 1. The fraction of sp³-hybridized carbons (Fsp3) is 0.588. The highest BCUT2D eigenvalue weighted by molar-refractivity contribution is 5.81.